The largest absolute Gasteiger partial charge is 0.352 e. The molecule has 3 rings (SSSR count). The van der Waals surface area contributed by atoms with Crippen LogP contribution in [0.5, 0.6) is 0 Å². The predicted molar refractivity (Wildman–Crippen MR) is 91.0 cm³/mol. The summed E-state index contributed by atoms with van der Waals surface area (Å²) in [7, 11) is 0. The van der Waals surface area contributed by atoms with Crippen LogP contribution >= 0.6 is 33.9 Å². The second kappa shape index (κ2) is 5.34. The Bertz CT molecular complexity index is 791. The number of allylic oxidation sites excluding steroid dienone is 2. The highest BCUT2D eigenvalue weighted by Crippen LogP contribution is 2.30. The van der Waals surface area contributed by atoms with E-state index in [0.29, 0.717) is 16.1 Å². The number of aromatic nitrogens is 1. The minimum absolute atomic E-state index is 0.161. The van der Waals surface area contributed by atoms with Crippen LogP contribution in [-0.2, 0) is 0 Å². The highest BCUT2D eigenvalue weighted by molar-refractivity contribution is 14.1. The second-order valence-corrected chi connectivity index (χ2v) is 7.15. The Morgan fingerprint density at radius 3 is 2.43 bits per heavy atom. The standard InChI is InChI=1S/C15H11IN2O2S/c1-7-11(18-10-5-3-9(16)4-6-10)14(20)15-12(13(7)19)17-8(2)21-15/h3-6,18H,1-2H3. The van der Waals surface area contributed by atoms with Crippen LogP contribution in [0.25, 0.3) is 0 Å². The predicted octanol–water partition coefficient (Wildman–Crippen LogP) is 3.82. The number of carbonyl (C=O) groups excluding carboxylic acids is 2. The Morgan fingerprint density at radius 2 is 1.76 bits per heavy atom. The number of Topliss-reactive ketones (excluding diaryl/α,β-unsaturated/α-hetero) is 2. The van der Waals surface area contributed by atoms with Gasteiger partial charge in [0.2, 0.25) is 11.6 Å². The molecule has 1 N–H and O–H groups in total. The third-order valence-corrected chi connectivity index (χ3v) is 4.90. The SMILES string of the molecule is CC1=C(Nc2ccc(I)cc2)C(=O)c2sc(C)nc2C1=O. The molecule has 0 radical (unpaired) electrons. The highest BCUT2D eigenvalue weighted by atomic mass is 127. The third kappa shape index (κ3) is 2.53. The van der Waals surface area contributed by atoms with Crippen LogP contribution in [0.2, 0.25) is 0 Å². The monoisotopic (exact) mass is 410 g/mol. The van der Waals surface area contributed by atoms with Crippen molar-refractivity contribution in [1.82, 2.24) is 4.98 Å². The van der Waals surface area contributed by atoms with Gasteiger partial charge in [0.15, 0.2) is 0 Å². The molecule has 1 aliphatic rings. The molecule has 2 aromatic rings. The summed E-state index contributed by atoms with van der Waals surface area (Å²) in [5, 5.41) is 3.80. The third-order valence-electron chi connectivity index (χ3n) is 3.21. The van der Waals surface area contributed by atoms with Crippen LogP contribution in [0, 0.1) is 10.5 Å². The zero-order valence-electron chi connectivity index (χ0n) is 11.4. The molecular weight excluding hydrogens is 399 g/mol. The smallest absolute Gasteiger partial charge is 0.221 e. The lowest BCUT2D eigenvalue weighted by Crippen LogP contribution is -2.24. The summed E-state index contributed by atoms with van der Waals surface area (Å²) >= 11 is 3.48. The molecule has 0 bridgehead atoms. The van der Waals surface area contributed by atoms with Crippen molar-refractivity contribution in [2.45, 2.75) is 13.8 Å². The van der Waals surface area contributed by atoms with Crippen LogP contribution in [0.3, 0.4) is 0 Å². The molecule has 6 heteroatoms. The molecule has 0 unspecified atom stereocenters. The first kappa shape index (κ1) is 14.4. The first-order valence-corrected chi connectivity index (χ1v) is 8.17. The van der Waals surface area contributed by atoms with Crippen molar-refractivity contribution in [1.29, 1.82) is 0 Å². The fraction of sp³-hybridized carbons (Fsp3) is 0.133. The topological polar surface area (TPSA) is 59.1 Å². The van der Waals surface area contributed by atoms with Crippen LogP contribution in [0.1, 0.15) is 32.1 Å². The van der Waals surface area contributed by atoms with Gasteiger partial charge in [-0.25, -0.2) is 4.98 Å². The van der Waals surface area contributed by atoms with E-state index in [1.54, 1.807) is 13.8 Å². The van der Waals surface area contributed by atoms with Gasteiger partial charge in [0, 0.05) is 14.8 Å². The zero-order chi connectivity index (χ0) is 15.1. The Labute approximate surface area is 139 Å². The fourth-order valence-corrected chi connectivity index (χ4v) is 3.36. The first-order valence-electron chi connectivity index (χ1n) is 6.27. The van der Waals surface area contributed by atoms with Gasteiger partial charge in [-0.1, -0.05) is 0 Å². The van der Waals surface area contributed by atoms with Gasteiger partial charge in [-0.15, -0.1) is 11.3 Å². The number of ketones is 2. The molecule has 4 nitrogen and oxygen atoms in total. The van der Waals surface area contributed by atoms with Crippen molar-refractivity contribution in [3.8, 4) is 0 Å². The summed E-state index contributed by atoms with van der Waals surface area (Å²) in [5.41, 5.74) is 1.83. The summed E-state index contributed by atoms with van der Waals surface area (Å²) in [4.78, 5) is 29.5. The maximum absolute atomic E-state index is 12.6. The Kier molecular flexibility index (Phi) is 3.66. The number of rotatable bonds is 2. The summed E-state index contributed by atoms with van der Waals surface area (Å²) in [6.07, 6.45) is 0. The number of thiazole rings is 1. The molecule has 0 aliphatic heterocycles. The van der Waals surface area contributed by atoms with Crippen molar-refractivity contribution in [2.24, 2.45) is 0 Å². The van der Waals surface area contributed by atoms with E-state index in [4.69, 9.17) is 0 Å². The van der Waals surface area contributed by atoms with Gasteiger partial charge >= 0.3 is 0 Å². The van der Waals surface area contributed by atoms with Crippen molar-refractivity contribution >= 4 is 51.2 Å². The van der Waals surface area contributed by atoms with Gasteiger partial charge in [0.05, 0.1) is 10.7 Å². The van der Waals surface area contributed by atoms with Crippen molar-refractivity contribution < 1.29 is 9.59 Å². The number of fused-ring (bicyclic) bond motifs is 1. The molecular formula is C15H11IN2O2S. The Balaban J connectivity index is 2.01. The van der Waals surface area contributed by atoms with Gasteiger partial charge < -0.3 is 5.32 Å². The van der Waals surface area contributed by atoms with E-state index in [-0.39, 0.29) is 17.3 Å². The van der Waals surface area contributed by atoms with E-state index in [0.717, 1.165) is 14.3 Å². The Hall–Kier alpha value is -1.54. The Morgan fingerprint density at radius 1 is 1.10 bits per heavy atom. The molecule has 106 valence electrons. The summed E-state index contributed by atoms with van der Waals surface area (Å²) in [5.74, 6) is -0.340. The minimum Gasteiger partial charge on any atom is -0.352 e. The first-order chi connectivity index (χ1) is 9.97. The van der Waals surface area contributed by atoms with Crippen LogP contribution in [0.4, 0.5) is 5.69 Å². The number of hydrogen-bond donors (Lipinski definition) is 1. The minimum atomic E-state index is -0.179. The normalized spacial score (nSPS) is 14.4. The number of carbonyl (C=O) groups is 2. The van der Waals surface area contributed by atoms with Crippen molar-refractivity contribution in [3.63, 3.8) is 0 Å². The molecule has 0 amide bonds. The molecule has 1 aromatic carbocycles. The van der Waals surface area contributed by atoms with E-state index >= 15 is 0 Å². The molecule has 0 saturated carbocycles. The molecule has 1 heterocycles. The fourth-order valence-electron chi connectivity index (χ4n) is 2.14. The van der Waals surface area contributed by atoms with E-state index in [1.807, 2.05) is 24.3 Å². The van der Waals surface area contributed by atoms with E-state index < -0.39 is 0 Å². The van der Waals surface area contributed by atoms with E-state index in [1.165, 1.54) is 11.3 Å². The maximum Gasteiger partial charge on any atom is 0.221 e. The number of benzene rings is 1. The number of nitrogens with zero attached hydrogens (tertiary/aromatic N) is 1. The molecule has 21 heavy (non-hydrogen) atoms. The van der Waals surface area contributed by atoms with Gasteiger partial charge in [-0.05, 0) is 60.7 Å². The number of anilines is 1. The lowest BCUT2D eigenvalue weighted by Gasteiger charge is -2.17. The van der Waals surface area contributed by atoms with Crippen molar-refractivity contribution in [2.75, 3.05) is 5.32 Å². The number of aryl methyl sites for hydroxylation is 1. The van der Waals surface area contributed by atoms with E-state index in [9.17, 15) is 9.59 Å². The summed E-state index contributed by atoms with van der Waals surface area (Å²) in [6, 6.07) is 7.65. The lowest BCUT2D eigenvalue weighted by molar-refractivity contribution is 0.0976. The van der Waals surface area contributed by atoms with Gasteiger partial charge in [-0.2, -0.15) is 0 Å². The molecule has 1 aromatic heterocycles. The number of hydrogen-bond acceptors (Lipinski definition) is 5. The molecule has 0 saturated heterocycles. The average molecular weight is 410 g/mol. The maximum atomic E-state index is 12.6. The second-order valence-electron chi connectivity index (χ2n) is 4.70. The quantitative estimate of drug-likeness (QED) is 0.765. The van der Waals surface area contributed by atoms with Crippen LogP contribution < -0.4 is 5.32 Å². The van der Waals surface area contributed by atoms with E-state index in [2.05, 4.69) is 32.9 Å². The van der Waals surface area contributed by atoms with Gasteiger partial charge in [0.25, 0.3) is 0 Å². The molecule has 0 fully saturated rings. The molecule has 0 spiro atoms. The van der Waals surface area contributed by atoms with Gasteiger partial charge in [0.1, 0.15) is 10.6 Å². The summed E-state index contributed by atoms with van der Waals surface area (Å²) in [6.45, 7) is 3.46. The number of halogens is 1. The average Bonchev–Trinajstić information content (AvgIpc) is 2.85. The molecule has 0 atom stereocenters. The lowest BCUT2D eigenvalue weighted by atomic mass is 9.97. The molecule has 1 aliphatic carbocycles. The summed E-state index contributed by atoms with van der Waals surface area (Å²) < 4.78 is 1.11. The van der Waals surface area contributed by atoms with Gasteiger partial charge in [-0.3, -0.25) is 9.59 Å². The highest BCUT2D eigenvalue weighted by Gasteiger charge is 2.33. The van der Waals surface area contributed by atoms with Crippen molar-refractivity contribution in [3.05, 3.63) is 54.7 Å². The van der Waals surface area contributed by atoms with Crippen LogP contribution in [0.15, 0.2) is 35.5 Å². The zero-order valence-corrected chi connectivity index (χ0v) is 14.3. The number of nitrogens with one attached hydrogen (secondary N) is 1. The van der Waals surface area contributed by atoms with Crippen LogP contribution in [-0.4, -0.2) is 16.6 Å².